The zero-order chi connectivity index (χ0) is 18.5. The van der Waals surface area contributed by atoms with Crippen LogP contribution in [0.25, 0.3) is 10.9 Å². The first-order valence-corrected chi connectivity index (χ1v) is 9.63. The first-order chi connectivity index (χ1) is 12.6. The second kappa shape index (κ2) is 8.66. The van der Waals surface area contributed by atoms with Gasteiger partial charge in [0.15, 0.2) is 5.16 Å². The van der Waals surface area contributed by atoms with Crippen molar-refractivity contribution in [3.8, 4) is 0 Å². The van der Waals surface area contributed by atoms with Crippen molar-refractivity contribution in [1.29, 1.82) is 0 Å². The maximum Gasteiger partial charge on any atom is 0.262 e. The molecule has 1 aromatic carbocycles. The molecular formula is C18H23N3O4S. The fraction of sp³-hybridized carbons (Fsp3) is 0.500. The van der Waals surface area contributed by atoms with E-state index in [1.54, 1.807) is 27.7 Å². The number of morpholine rings is 1. The third kappa shape index (κ3) is 4.08. The second-order valence-electron chi connectivity index (χ2n) is 6.14. The molecule has 1 aromatic heterocycles. The lowest BCUT2D eigenvalue weighted by molar-refractivity contribution is -0.134. The summed E-state index contributed by atoms with van der Waals surface area (Å²) in [5.41, 5.74) is 0.476. The van der Waals surface area contributed by atoms with Crippen molar-refractivity contribution >= 4 is 28.6 Å². The molecule has 1 N–H and O–H groups in total. The van der Waals surface area contributed by atoms with Crippen LogP contribution in [-0.4, -0.2) is 63.6 Å². The van der Waals surface area contributed by atoms with Gasteiger partial charge in [-0.3, -0.25) is 14.2 Å². The third-order valence-corrected chi connectivity index (χ3v) is 5.40. The summed E-state index contributed by atoms with van der Waals surface area (Å²) < 4.78 is 6.85. The Kier molecular flexibility index (Phi) is 6.29. The molecule has 2 aromatic rings. The highest BCUT2D eigenvalue weighted by Crippen LogP contribution is 2.24. The Morgan fingerprint density at radius 3 is 2.81 bits per heavy atom. The first kappa shape index (κ1) is 18.9. The van der Waals surface area contributed by atoms with Gasteiger partial charge in [0.1, 0.15) is 0 Å². The molecule has 1 unspecified atom stereocenters. The molecule has 0 spiro atoms. The lowest BCUT2D eigenvalue weighted by atomic mass is 10.2. The minimum Gasteiger partial charge on any atom is -0.396 e. The number of aliphatic hydroxyl groups excluding tert-OH is 1. The van der Waals surface area contributed by atoms with Crippen molar-refractivity contribution < 1.29 is 14.6 Å². The average molecular weight is 377 g/mol. The number of hydrogen-bond donors (Lipinski definition) is 1. The fourth-order valence-corrected chi connectivity index (χ4v) is 3.93. The number of carbonyl (C=O) groups is 1. The molecule has 0 aliphatic carbocycles. The molecule has 1 aliphatic rings. The summed E-state index contributed by atoms with van der Waals surface area (Å²) in [6.45, 7) is 4.48. The number of carbonyl (C=O) groups excluding carboxylic acids is 1. The minimum absolute atomic E-state index is 0.00830. The maximum absolute atomic E-state index is 12.8. The predicted molar refractivity (Wildman–Crippen MR) is 100 cm³/mol. The van der Waals surface area contributed by atoms with E-state index in [9.17, 15) is 9.59 Å². The highest BCUT2D eigenvalue weighted by molar-refractivity contribution is 8.00. The summed E-state index contributed by atoms with van der Waals surface area (Å²) in [5.74, 6) is 0.0226. The fourth-order valence-electron chi connectivity index (χ4n) is 2.91. The Morgan fingerprint density at radius 2 is 2.08 bits per heavy atom. The summed E-state index contributed by atoms with van der Waals surface area (Å²) >= 11 is 1.29. The van der Waals surface area contributed by atoms with Crippen LogP contribution in [0.3, 0.4) is 0 Å². The van der Waals surface area contributed by atoms with Gasteiger partial charge in [-0.1, -0.05) is 23.9 Å². The van der Waals surface area contributed by atoms with Gasteiger partial charge in [0, 0.05) is 26.2 Å². The normalized spacial score (nSPS) is 16.0. The number of hydrogen-bond acceptors (Lipinski definition) is 6. The Hall–Kier alpha value is -1.90. The standard InChI is InChI=1S/C18H23N3O4S/c1-13(16(23)20-8-11-25-12-9-20)26-18-19-15-6-3-2-5-14(15)17(24)21(18)7-4-10-22/h2-3,5-6,13,22H,4,7-12H2,1H3. The maximum atomic E-state index is 12.8. The number of amides is 1. The van der Waals surface area contributed by atoms with Gasteiger partial charge in [-0.05, 0) is 25.5 Å². The molecule has 7 nitrogen and oxygen atoms in total. The molecule has 1 aliphatic heterocycles. The van der Waals surface area contributed by atoms with E-state index in [0.717, 1.165) is 0 Å². The molecule has 1 fully saturated rings. The van der Waals surface area contributed by atoms with E-state index in [-0.39, 0.29) is 23.3 Å². The molecule has 8 heteroatoms. The van der Waals surface area contributed by atoms with Gasteiger partial charge >= 0.3 is 0 Å². The third-order valence-electron chi connectivity index (χ3n) is 4.32. The summed E-state index contributed by atoms with van der Waals surface area (Å²) in [7, 11) is 0. The van der Waals surface area contributed by atoms with Gasteiger partial charge in [-0.25, -0.2) is 4.98 Å². The second-order valence-corrected chi connectivity index (χ2v) is 7.45. The number of thioether (sulfide) groups is 1. The van der Waals surface area contributed by atoms with Gasteiger partial charge in [-0.2, -0.15) is 0 Å². The van der Waals surface area contributed by atoms with E-state index in [0.29, 0.717) is 55.3 Å². The summed E-state index contributed by atoms with van der Waals surface area (Å²) in [4.78, 5) is 31.9. The lowest BCUT2D eigenvalue weighted by Gasteiger charge is -2.29. The number of fused-ring (bicyclic) bond motifs is 1. The molecule has 2 heterocycles. The number of para-hydroxylation sites is 1. The van der Waals surface area contributed by atoms with E-state index in [2.05, 4.69) is 4.98 Å². The van der Waals surface area contributed by atoms with E-state index >= 15 is 0 Å². The zero-order valence-electron chi connectivity index (χ0n) is 14.8. The summed E-state index contributed by atoms with van der Waals surface area (Å²) in [6, 6.07) is 7.19. The first-order valence-electron chi connectivity index (χ1n) is 8.75. The SMILES string of the molecule is CC(Sc1nc2ccccc2c(=O)n1CCCO)C(=O)N1CCOCC1. The van der Waals surface area contributed by atoms with Gasteiger partial charge < -0.3 is 14.7 Å². The Balaban J connectivity index is 1.89. The largest absolute Gasteiger partial charge is 0.396 e. The molecule has 0 saturated carbocycles. The van der Waals surface area contributed by atoms with Crippen molar-refractivity contribution in [1.82, 2.24) is 14.5 Å². The van der Waals surface area contributed by atoms with Gasteiger partial charge in [-0.15, -0.1) is 0 Å². The summed E-state index contributed by atoms with van der Waals surface area (Å²) in [6.07, 6.45) is 0.458. The van der Waals surface area contributed by atoms with Crippen LogP contribution in [0, 0.1) is 0 Å². The molecular weight excluding hydrogens is 354 g/mol. The number of rotatable bonds is 6. The van der Waals surface area contributed by atoms with Crippen LogP contribution in [0.15, 0.2) is 34.2 Å². The highest BCUT2D eigenvalue weighted by Gasteiger charge is 2.25. The monoisotopic (exact) mass is 377 g/mol. The lowest BCUT2D eigenvalue weighted by Crippen LogP contribution is -2.44. The molecule has 1 saturated heterocycles. The van der Waals surface area contributed by atoms with Crippen LogP contribution >= 0.6 is 11.8 Å². The Morgan fingerprint density at radius 1 is 1.35 bits per heavy atom. The Bertz CT molecular complexity index is 833. The van der Waals surface area contributed by atoms with Crippen molar-refractivity contribution in [2.75, 3.05) is 32.9 Å². The zero-order valence-corrected chi connectivity index (χ0v) is 15.6. The van der Waals surface area contributed by atoms with E-state index in [4.69, 9.17) is 9.84 Å². The van der Waals surface area contributed by atoms with E-state index in [1.807, 2.05) is 13.0 Å². The van der Waals surface area contributed by atoms with Crippen LogP contribution in [0.5, 0.6) is 0 Å². The number of nitrogens with zero attached hydrogens (tertiary/aromatic N) is 3. The van der Waals surface area contributed by atoms with Crippen molar-refractivity contribution in [2.24, 2.45) is 0 Å². The number of aliphatic hydroxyl groups is 1. The molecule has 0 radical (unpaired) electrons. The predicted octanol–water partition coefficient (Wildman–Crippen LogP) is 1.12. The van der Waals surface area contributed by atoms with Crippen molar-refractivity contribution in [3.63, 3.8) is 0 Å². The molecule has 3 rings (SSSR count). The van der Waals surface area contributed by atoms with E-state index < -0.39 is 0 Å². The highest BCUT2D eigenvalue weighted by atomic mass is 32.2. The average Bonchev–Trinajstić information content (AvgIpc) is 2.68. The number of ether oxygens (including phenoxy) is 1. The minimum atomic E-state index is -0.360. The molecule has 1 atom stereocenters. The molecule has 0 bridgehead atoms. The Labute approximate surface area is 156 Å². The van der Waals surface area contributed by atoms with Gasteiger partial charge in [0.25, 0.3) is 5.56 Å². The van der Waals surface area contributed by atoms with Crippen LogP contribution < -0.4 is 5.56 Å². The van der Waals surface area contributed by atoms with Crippen LogP contribution in [0.2, 0.25) is 0 Å². The van der Waals surface area contributed by atoms with Crippen molar-refractivity contribution in [3.05, 3.63) is 34.6 Å². The van der Waals surface area contributed by atoms with Crippen LogP contribution in [0.1, 0.15) is 13.3 Å². The number of aromatic nitrogens is 2. The van der Waals surface area contributed by atoms with Crippen LogP contribution in [-0.2, 0) is 16.1 Å². The summed E-state index contributed by atoms with van der Waals surface area (Å²) in [5, 5.41) is 9.84. The quantitative estimate of drug-likeness (QED) is 0.600. The topological polar surface area (TPSA) is 84.7 Å². The molecule has 26 heavy (non-hydrogen) atoms. The van der Waals surface area contributed by atoms with Crippen molar-refractivity contribution in [2.45, 2.75) is 30.3 Å². The molecule has 1 amide bonds. The van der Waals surface area contributed by atoms with Crippen LogP contribution in [0.4, 0.5) is 0 Å². The van der Waals surface area contributed by atoms with Gasteiger partial charge in [0.2, 0.25) is 5.91 Å². The smallest absolute Gasteiger partial charge is 0.262 e. The molecule has 140 valence electrons. The van der Waals surface area contributed by atoms with Gasteiger partial charge in [0.05, 0.1) is 29.4 Å². The van der Waals surface area contributed by atoms with E-state index in [1.165, 1.54) is 11.8 Å². The number of benzene rings is 1.